The smallest absolute Gasteiger partial charge is 0.143 e. The van der Waals surface area contributed by atoms with E-state index in [1.165, 1.54) is 23.3 Å². The van der Waals surface area contributed by atoms with Crippen molar-refractivity contribution >= 4 is 5.69 Å². The Kier molecular flexibility index (Phi) is 2.92. The second-order valence-electron chi connectivity index (χ2n) is 4.82. The molecule has 0 spiro atoms. The van der Waals surface area contributed by atoms with E-state index in [0.29, 0.717) is 6.04 Å². The van der Waals surface area contributed by atoms with E-state index >= 15 is 0 Å². The van der Waals surface area contributed by atoms with Crippen LogP contribution < -0.4 is 5.32 Å². The van der Waals surface area contributed by atoms with Gasteiger partial charge in [0.25, 0.3) is 0 Å². The molecule has 0 aliphatic heterocycles. The lowest BCUT2D eigenvalue weighted by atomic mass is 10.1. The van der Waals surface area contributed by atoms with Gasteiger partial charge in [0, 0.05) is 11.7 Å². The van der Waals surface area contributed by atoms with Gasteiger partial charge >= 0.3 is 0 Å². The standard InChI is InChI=1S/C16H13FN2/c17-16-9-14(6-5-13(16)10-18)19-15-7-11-3-1-2-4-12(11)8-15/h1-6,9,15,19H,7-8H2. The molecular weight excluding hydrogens is 239 g/mol. The van der Waals surface area contributed by atoms with Crippen LogP contribution in [0.5, 0.6) is 0 Å². The molecule has 0 saturated heterocycles. The van der Waals surface area contributed by atoms with Gasteiger partial charge in [0.05, 0.1) is 5.56 Å². The van der Waals surface area contributed by atoms with Crippen molar-refractivity contribution in [2.45, 2.75) is 18.9 Å². The summed E-state index contributed by atoms with van der Waals surface area (Å²) < 4.78 is 13.5. The number of rotatable bonds is 2. The molecule has 0 bridgehead atoms. The zero-order valence-electron chi connectivity index (χ0n) is 10.4. The largest absolute Gasteiger partial charge is 0.382 e. The van der Waals surface area contributed by atoms with Gasteiger partial charge in [-0.05, 0) is 42.2 Å². The van der Waals surface area contributed by atoms with Crippen molar-refractivity contribution in [1.82, 2.24) is 0 Å². The maximum absolute atomic E-state index is 13.5. The minimum absolute atomic E-state index is 0.0836. The molecule has 0 amide bonds. The van der Waals surface area contributed by atoms with Gasteiger partial charge in [-0.1, -0.05) is 24.3 Å². The summed E-state index contributed by atoms with van der Waals surface area (Å²) in [6.07, 6.45) is 1.91. The van der Waals surface area contributed by atoms with Crippen molar-refractivity contribution in [3.8, 4) is 6.07 Å². The van der Waals surface area contributed by atoms with E-state index in [1.807, 2.05) is 18.2 Å². The Balaban J connectivity index is 1.74. The van der Waals surface area contributed by atoms with Crippen LogP contribution in [0.2, 0.25) is 0 Å². The highest BCUT2D eigenvalue weighted by Gasteiger charge is 2.20. The third-order valence-electron chi connectivity index (χ3n) is 3.51. The Hall–Kier alpha value is -2.34. The fourth-order valence-electron chi connectivity index (χ4n) is 2.59. The molecule has 1 aliphatic rings. The van der Waals surface area contributed by atoms with Crippen LogP contribution in [0.25, 0.3) is 0 Å². The molecule has 19 heavy (non-hydrogen) atoms. The van der Waals surface area contributed by atoms with Crippen LogP contribution in [0.1, 0.15) is 16.7 Å². The fourth-order valence-corrected chi connectivity index (χ4v) is 2.59. The number of fused-ring (bicyclic) bond motifs is 1. The normalized spacial score (nSPS) is 13.9. The average molecular weight is 252 g/mol. The number of nitrogens with zero attached hydrogens (tertiary/aromatic N) is 1. The first kappa shape index (κ1) is 11.7. The first-order valence-corrected chi connectivity index (χ1v) is 6.29. The summed E-state index contributed by atoms with van der Waals surface area (Å²) in [6, 6.07) is 15.1. The molecule has 0 saturated carbocycles. The first-order valence-electron chi connectivity index (χ1n) is 6.29. The van der Waals surface area contributed by atoms with Crippen LogP contribution >= 0.6 is 0 Å². The van der Waals surface area contributed by atoms with E-state index in [4.69, 9.17) is 5.26 Å². The molecule has 1 aliphatic carbocycles. The summed E-state index contributed by atoms with van der Waals surface area (Å²) in [5.74, 6) is -0.469. The Labute approximate surface area is 111 Å². The molecule has 2 aromatic rings. The molecule has 0 unspecified atom stereocenters. The van der Waals surface area contributed by atoms with Crippen molar-refractivity contribution in [1.29, 1.82) is 5.26 Å². The topological polar surface area (TPSA) is 35.8 Å². The summed E-state index contributed by atoms with van der Waals surface area (Å²) in [4.78, 5) is 0. The number of halogens is 1. The van der Waals surface area contributed by atoms with Crippen molar-refractivity contribution in [2.75, 3.05) is 5.32 Å². The number of nitrogens with one attached hydrogen (secondary N) is 1. The van der Waals surface area contributed by atoms with Crippen molar-refractivity contribution in [3.63, 3.8) is 0 Å². The molecule has 1 N–H and O–H groups in total. The highest BCUT2D eigenvalue weighted by molar-refractivity contribution is 5.50. The predicted molar refractivity (Wildman–Crippen MR) is 72.4 cm³/mol. The molecule has 2 nitrogen and oxygen atoms in total. The van der Waals surface area contributed by atoms with Crippen LogP contribution in [0.3, 0.4) is 0 Å². The molecule has 3 heteroatoms. The SMILES string of the molecule is N#Cc1ccc(NC2Cc3ccccc3C2)cc1F. The molecule has 2 aromatic carbocycles. The summed E-state index contributed by atoms with van der Waals surface area (Å²) in [5, 5.41) is 12.0. The lowest BCUT2D eigenvalue weighted by Crippen LogP contribution is -2.19. The van der Waals surface area contributed by atoms with E-state index in [0.717, 1.165) is 18.5 Å². The van der Waals surface area contributed by atoms with Gasteiger partial charge in [-0.25, -0.2) is 4.39 Å². The third-order valence-corrected chi connectivity index (χ3v) is 3.51. The van der Waals surface area contributed by atoms with E-state index in [9.17, 15) is 4.39 Å². The minimum Gasteiger partial charge on any atom is -0.382 e. The van der Waals surface area contributed by atoms with Gasteiger partial charge < -0.3 is 5.32 Å². The molecular formula is C16H13FN2. The second-order valence-corrected chi connectivity index (χ2v) is 4.82. The fraction of sp³-hybridized carbons (Fsp3) is 0.188. The predicted octanol–water partition coefficient (Wildman–Crippen LogP) is 3.28. The third kappa shape index (κ3) is 2.30. The van der Waals surface area contributed by atoms with Gasteiger partial charge in [-0.15, -0.1) is 0 Å². The maximum atomic E-state index is 13.5. The van der Waals surface area contributed by atoms with Gasteiger partial charge in [0.1, 0.15) is 11.9 Å². The van der Waals surface area contributed by atoms with Crippen LogP contribution in [-0.4, -0.2) is 6.04 Å². The Morgan fingerprint density at radius 2 is 1.79 bits per heavy atom. The van der Waals surface area contributed by atoms with E-state index in [-0.39, 0.29) is 5.56 Å². The van der Waals surface area contributed by atoms with Crippen LogP contribution in [0.15, 0.2) is 42.5 Å². The average Bonchev–Trinajstić information content (AvgIpc) is 2.81. The van der Waals surface area contributed by atoms with Crippen LogP contribution in [0, 0.1) is 17.1 Å². The van der Waals surface area contributed by atoms with E-state index < -0.39 is 5.82 Å². The van der Waals surface area contributed by atoms with Crippen LogP contribution in [0.4, 0.5) is 10.1 Å². The molecule has 0 aromatic heterocycles. The highest BCUT2D eigenvalue weighted by atomic mass is 19.1. The Bertz CT molecular complexity index is 633. The Morgan fingerprint density at radius 1 is 1.11 bits per heavy atom. The second kappa shape index (κ2) is 4.74. The Morgan fingerprint density at radius 3 is 2.37 bits per heavy atom. The summed E-state index contributed by atoms with van der Waals surface area (Å²) in [7, 11) is 0. The number of hydrogen-bond acceptors (Lipinski definition) is 2. The monoisotopic (exact) mass is 252 g/mol. The molecule has 3 rings (SSSR count). The summed E-state index contributed by atoms with van der Waals surface area (Å²) >= 11 is 0. The van der Waals surface area contributed by atoms with Gasteiger partial charge in [-0.3, -0.25) is 0 Å². The molecule has 0 heterocycles. The lowest BCUT2D eigenvalue weighted by molar-refractivity contribution is 0.623. The van der Waals surface area contributed by atoms with Gasteiger partial charge in [0.2, 0.25) is 0 Å². The van der Waals surface area contributed by atoms with Gasteiger partial charge in [-0.2, -0.15) is 5.26 Å². The lowest BCUT2D eigenvalue weighted by Gasteiger charge is -2.13. The number of benzene rings is 2. The first-order chi connectivity index (χ1) is 9.26. The number of hydrogen-bond donors (Lipinski definition) is 1. The van der Waals surface area contributed by atoms with Gasteiger partial charge in [0.15, 0.2) is 0 Å². The van der Waals surface area contributed by atoms with Crippen molar-refractivity contribution < 1.29 is 4.39 Å². The molecule has 0 fully saturated rings. The summed E-state index contributed by atoms with van der Waals surface area (Å²) in [6.45, 7) is 0. The van der Waals surface area contributed by atoms with Crippen molar-refractivity contribution in [2.24, 2.45) is 0 Å². The molecule has 94 valence electrons. The maximum Gasteiger partial charge on any atom is 0.143 e. The van der Waals surface area contributed by atoms with Crippen molar-refractivity contribution in [3.05, 3.63) is 65.0 Å². The quantitative estimate of drug-likeness (QED) is 0.890. The zero-order valence-corrected chi connectivity index (χ0v) is 10.4. The van der Waals surface area contributed by atoms with E-state index in [2.05, 4.69) is 17.4 Å². The minimum atomic E-state index is -0.469. The highest BCUT2D eigenvalue weighted by Crippen LogP contribution is 2.25. The molecule has 0 atom stereocenters. The number of nitriles is 1. The molecule has 0 radical (unpaired) electrons. The number of anilines is 1. The summed E-state index contributed by atoms with van der Waals surface area (Å²) in [5.41, 5.74) is 3.53. The van der Waals surface area contributed by atoms with E-state index in [1.54, 1.807) is 6.07 Å². The van der Waals surface area contributed by atoms with Crippen LogP contribution in [-0.2, 0) is 12.8 Å². The zero-order chi connectivity index (χ0) is 13.2.